The summed E-state index contributed by atoms with van der Waals surface area (Å²) in [6.07, 6.45) is 1.71. The Labute approximate surface area is 154 Å². The first-order valence-corrected chi connectivity index (χ1v) is 8.82. The zero-order valence-corrected chi connectivity index (χ0v) is 15.7. The maximum Gasteiger partial charge on any atom is 0.257 e. The number of methoxy groups -OCH3 is 2. The van der Waals surface area contributed by atoms with E-state index in [9.17, 15) is 9.18 Å². The van der Waals surface area contributed by atoms with Crippen LogP contribution in [0.15, 0.2) is 40.9 Å². The molecule has 2 aromatic rings. The smallest absolute Gasteiger partial charge is 0.257 e. The minimum absolute atomic E-state index is 0.0931. The van der Waals surface area contributed by atoms with Gasteiger partial charge < -0.3 is 14.4 Å². The highest BCUT2D eigenvalue weighted by Crippen LogP contribution is 2.37. The summed E-state index contributed by atoms with van der Waals surface area (Å²) in [5.74, 6) is 0.454. The van der Waals surface area contributed by atoms with Crippen molar-refractivity contribution in [1.29, 1.82) is 0 Å². The lowest BCUT2D eigenvalue weighted by Gasteiger charge is -2.26. The molecule has 25 heavy (non-hydrogen) atoms. The molecule has 2 aromatic carbocycles. The van der Waals surface area contributed by atoms with Gasteiger partial charge >= 0.3 is 0 Å². The first-order chi connectivity index (χ1) is 12.0. The Morgan fingerprint density at radius 2 is 1.92 bits per heavy atom. The second-order valence-corrected chi connectivity index (χ2v) is 6.81. The molecule has 4 nitrogen and oxygen atoms in total. The number of ether oxygens (including phenoxy) is 2. The van der Waals surface area contributed by atoms with Crippen LogP contribution in [0.2, 0.25) is 0 Å². The predicted molar refractivity (Wildman–Crippen MR) is 96.7 cm³/mol. The molecule has 1 unspecified atom stereocenters. The van der Waals surface area contributed by atoms with Gasteiger partial charge in [-0.15, -0.1) is 0 Å². The molecule has 0 spiro atoms. The van der Waals surface area contributed by atoms with Crippen molar-refractivity contribution in [2.24, 2.45) is 0 Å². The molecule has 0 bridgehead atoms. The van der Waals surface area contributed by atoms with Crippen molar-refractivity contribution in [2.75, 3.05) is 20.8 Å². The van der Waals surface area contributed by atoms with Crippen molar-refractivity contribution in [2.45, 2.75) is 18.9 Å². The van der Waals surface area contributed by atoms with E-state index in [-0.39, 0.29) is 17.5 Å². The van der Waals surface area contributed by atoms with Crippen molar-refractivity contribution < 1.29 is 18.7 Å². The number of carbonyl (C=O) groups is 1. The quantitative estimate of drug-likeness (QED) is 0.744. The van der Waals surface area contributed by atoms with Crippen LogP contribution in [-0.4, -0.2) is 31.6 Å². The fourth-order valence-corrected chi connectivity index (χ4v) is 3.57. The summed E-state index contributed by atoms with van der Waals surface area (Å²) in [7, 11) is 3.16. The average molecular weight is 408 g/mol. The Bertz CT molecular complexity index is 796. The van der Waals surface area contributed by atoms with Crippen molar-refractivity contribution >= 4 is 21.8 Å². The molecule has 0 radical (unpaired) electrons. The molecule has 1 heterocycles. The van der Waals surface area contributed by atoms with Gasteiger partial charge in [-0.1, -0.05) is 22.0 Å². The number of hydrogen-bond acceptors (Lipinski definition) is 3. The SMILES string of the molecule is COc1ccc(C2CCCN2C(=O)c2ccc(Br)cc2F)cc1OC. The van der Waals surface area contributed by atoms with E-state index in [0.717, 1.165) is 18.4 Å². The standard InChI is InChI=1S/C19H19BrFNO3/c1-24-17-8-5-12(10-18(17)25-2)16-4-3-9-22(16)19(23)14-7-6-13(20)11-15(14)21/h5-8,10-11,16H,3-4,9H2,1-2H3. The molecular weight excluding hydrogens is 389 g/mol. The normalized spacial score (nSPS) is 16.8. The zero-order valence-electron chi connectivity index (χ0n) is 14.1. The number of benzene rings is 2. The molecule has 6 heteroatoms. The lowest BCUT2D eigenvalue weighted by molar-refractivity contribution is 0.0730. The van der Waals surface area contributed by atoms with Crippen LogP contribution >= 0.6 is 15.9 Å². The Morgan fingerprint density at radius 3 is 2.60 bits per heavy atom. The van der Waals surface area contributed by atoms with E-state index in [0.29, 0.717) is 22.5 Å². The van der Waals surface area contributed by atoms with Gasteiger partial charge in [0.1, 0.15) is 5.82 Å². The summed E-state index contributed by atoms with van der Waals surface area (Å²) in [4.78, 5) is 14.6. The molecule has 1 amide bonds. The van der Waals surface area contributed by atoms with Crippen molar-refractivity contribution in [3.05, 3.63) is 57.8 Å². The number of hydrogen-bond donors (Lipinski definition) is 0. The molecule has 0 aliphatic carbocycles. The molecule has 3 rings (SSSR count). The second-order valence-electron chi connectivity index (χ2n) is 5.90. The van der Waals surface area contributed by atoms with Crippen LogP contribution in [0.5, 0.6) is 11.5 Å². The number of carbonyl (C=O) groups excluding carboxylic acids is 1. The van der Waals surface area contributed by atoms with Gasteiger partial charge in [0.25, 0.3) is 5.91 Å². The van der Waals surface area contributed by atoms with Gasteiger partial charge in [0.15, 0.2) is 11.5 Å². The second kappa shape index (κ2) is 7.44. The summed E-state index contributed by atoms with van der Waals surface area (Å²) < 4.78 is 25.4. The summed E-state index contributed by atoms with van der Waals surface area (Å²) in [5, 5.41) is 0. The lowest BCUT2D eigenvalue weighted by Crippen LogP contribution is -2.31. The molecule has 132 valence electrons. The highest BCUT2D eigenvalue weighted by Gasteiger charge is 2.32. The Morgan fingerprint density at radius 1 is 1.16 bits per heavy atom. The van der Waals surface area contributed by atoms with Gasteiger partial charge in [0.05, 0.1) is 25.8 Å². The number of likely N-dealkylation sites (tertiary alicyclic amines) is 1. The van der Waals surface area contributed by atoms with Gasteiger partial charge in [-0.05, 0) is 48.7 Å². The molecule has 1 atom stereocenters. The third kappa shape index (κ3) is 3.49. The number of amides is 1. The van der Waals surface area contributed by atoms with Crippen LogP contribution in [0.3, 0.4) is 0 Å². The first-order valence-electron chi connectivity index (χ1n) is 8.03. The van der Waals surface area contributed by atoms with Crippen LogP contribution in [0.4, 0.5) is 4.39 Å². The van der Waals surface area contributed by atoms with E-state index in [1.165, 1.54) is 12.1 Å². The van der Waals surface area contributed by atoms with Crippen molar-refractivity contribution in [3.63, 3.8) is 0 Å². The van der Waals surface area contributed by atoms with Gasteiger partial charge in [0, 0.05) is 11.0 Å². The monoisotopic (exact) mass is 407 g/mol. The Balaban J connectivity index is 1.91. The third-order valence-electron chi connectivity index (χ3n) is 4.47. The molecule has 1 aliphatic rings. The molecular formula is C19H19BrFNO3. The van der Waals surface area contributed by atoms with Crippen LogP contribution < -0.4 is 9.47 Å². The van der Waals surface area contributed by atoms with E-state index >= 15 is 0 Å². The highest BCUT2D eigenvalue weighted by atomic mass is 79.9. The van der Waals surface area contributed by atoms with Gasteiger partial charge in [-0.2, -0.15) is 0 Å². The number of halogens is 2. The van der Waals surface area contributed by atoms with Gasteiger partial charge in [-0.25, -0.2) is 4.39 Å². The van der Waals surface area contributed by atoms with Crippen LogP contribution in [-0.2, 0) is 0 Å². The van der Waals surface area contributed by atoms with Crippen LogP contribution in [0.1, 0.15) is 34.8 Å². The van der Waals surface area contributed by atoms with Crippen LogP contribution in [0, 0.1) is 5.82 Å². The van der Waals surface area contributed by atoms with Crippen molar-refractivity contribution in [1.82, 2.24) is 4.90 Å². The summed E-state index contributed by atoms with van der Waals surface area (Å²) >= 11 is 3.22. The third-order valence-corrected chi connectivity index (χ3v) is 4.96. The van der Waals surface area contributed by atoms with E-state index < -0.39 is 5.82 Å². The fourth-order valence-electron chi connectivity index (χ4n) is 3.23. The largest absolute Gasteiger partial charge is 0.493 e. The first kappa shape index (κ1) is 17.7. The molecule has 1 fully saturated rings. The molecule has 1 saturated heterocycles. The van der Waals surface area contributed by atoms with E-state index in [2.05, 4.69) is 15.9 Å². The topological polar surface area (TPSA) is 38.8 Å². The molecule has 0 N–H and O–H groups in total. The molecule has 0 aromatic heterocycles. The Hall–Kier alpha value is -2.08. The maximum atomic E-state index is 14.2. The highest BCUT2D eigenvalue weighted by molar-refractivity contribution is 9.10. The van der Waals surface area contributed by atoms with Gasteiger partial charge in [0.2, 0.25) is 0 Å². The Kier molecular flexibility index (Phi) is 5.27. The van der Waals surface area contributed by atoms with Crippen molar-refractivity contribution in [3.8, 4) is 11.5 Å². The lowest BCUT2D eigenvalue weighted by atomic mass is 10.0. The van der Waals surface area contributed by atoms with Gasteiger partial charge in [-0.3, -0.25) is 4.79 Å². The summed E-state index contributed by atoms with van der Waals surface area (Å²) in [6, 6.07) is 10.0. The molecule has 1 aliphatic heterocycles. The number of nitrogens with zero attached hydrogens (tertiary/aromatic N) is 1. The average Bonchev–Trinajstić information content (AvgIpc) is 3.10. The van der Waals surface area contributed by atoms with E-state index in [4.69, 9.17) is 9.47 Å². The predicted octanol–water partition coefficient (Wildman–Crippen LogP) is 4.58. The number of rotatable bonds is 4. The zero-order chi connectivity index (χ0) is 18.0. The minimum atomic E-state index is -0.516. The minimum Gasteiger partial charge on any atom is -0.493 e. The summed E-state index contributed by atoms with van der Waals surface area (Å²) in [5.41, 5.74) is 1.05. The fraction of sp³-hybridized carbons (Fsp3) is 0.316. The van der Waals surface area contributed by atoms with Crippen LogP contribution in [0.25, 0.3) is 0 Å². The van der Waals surface area contributed by atoms with E-state index in [1.54, 1.807) is 25.2 Å². The summed E-state index contributed by atoms with van der Waals surface area (Å²) in [6.45, 7) is 0.605. The molecule has 0 saturated carbocycles. The maximum absolute atomic E-state index is 14.2. The van der Waals surface area contributed by atoms with E-state index in [1.807, 2.05) is 18.2 Å².